The smallest absolute Gasteiger partial charge is 0.335 e. The Balaban J connectivity index is 2.48. The van der Waals surface area contributed by atoms with E-state index < -0.39 is 11.9 Å². The zero-order chi connectivity index (χ0) is 17.3. The third kappa shape index (κ3) is 3.34. The molecule has 23 heavy (non-hydrogen) atoms. The molecule has 120 valence electrons. The van der Waals surface area contributed by atoms with Crippen molar-refractivity contribution >= 4 is 11.9 Å². The second-order valence-electron chi connectivity index (χ2n) is 5.59. The van der Waals surface area contributed by atoms with Crippen LogP contribution in [0.1, 0.15) is 43.0 Å². The maximum Gasteiger partial charge on any atom is 0.335 e. The molecule has 0 bridgehead atoms. The van der Waals surface area contributed by atoms with Crippen molar-refractivity contribution in [3.63, 3.8) is 0 Å². The molecule has 0 aromatic heterocycles. The Morgan fingerprint density at radius 2 is 0.957 bits per heavy atom. The second-order valence-corrected chi connectivity index (χ2v) is 5.59. The molecule has 0 saturated carbocycles. The quantitative estimate of drug-likeness (QED) is 0.887. The number of hydrogen-bond acceptors (Lipinski definition) is 3. The molecule has 0 spiro atoms. The molecule has 0 aliphatic carbocycles. The first kappa shape index (κ1) is 16.5. The van der Waals surface area contributed by atoms with Gasteiger partial charge in [-0.3, -0.25) is 0 Å². The Kier molecular flexibility index (Phi) is 4.40. The van der Waals surface area contributed by atoms with Gasteiger partial charge in [0.25, 0.3) is 0 Å². The lowest BCUT2D eigenvalue weighted by Crippen LogP contribution is -2.03. The van der Waals surface area contributed by atoms with Crippen LogP contribution >= 0.6 is 0 Å². The molecule has 2 aromatic rings. The van der Waals surface area contributed by atoms with Crippen LogP contribution in [0.4, 0.5) is 0 Å². The highest BCUT2D eigenvalue weighted by atomic mass is 16.5. The normalized spacial score (nSPS) is 10.4. The van der Waals surface area contributed by atoms with E-state index in [4.69, 9.17) is 14.9 Å². The number of carboxylic acids is 2. The van der Waals surface area contributed by atoms with Gasteiger partial charge >= 0.3 is 11.9 Å². The average Bonchev–Trinajstić information content (AvgIpc) is 2.44. The lowest BCUT2D eigenvalue weighted by molar-refractivity contribution is 0.0686. The van der Waals surface area contributed by atoms with Crippen molar-refractivity contribution in [2.24, 2.45) is 0 Å². The van der Waals surface area contributed by atoms with Gasteiger partial charge in [-0.2, -0.15) is 0 Å². The minimum atomic E-state index is -0.985. The molecule has 0 heterocycles. The zero-order valence-corrected chi connectivity index (χ0v) is 13.4. The van der Waals surface area contributed by atoms with Crippen molar-refractivity contribution in [2.75, 3.05) is 0 Å². The molecule has 0 aliphatic heterocycles. The van der Waals surface area contributed by atoms with Crippen molar-refractivity contribution in [3.8, 4) is 11.5 Å². The Hall–Kier alpha value is -2.82. The van der Waals surface area contributed by atoms with Crippen LogP contribution in [0.5, 0.6) is 11.5 Å². The van der Waals surface area contributed by atoms with Crippen LogP contribution in [0.2, 0.25) is 0 Å². The van der Waals surface area contributed by atoms with Gasteiger partial charge < -0.3 is 14.9 Å². The van der Waals surface area contributed by atoms with Crippen LogP contribution < -0.4 is 4.74 Å². The van der Waals surface area contributed by atoms with E-state index in [9.17, 15) is 9.59 Å². The van der Waals surface area contributed by atoms with Crippen molar-refractivity contribution in [1.29, 1.82) is 0 Å². The number of ether oxygens (including phenoxy) is 1. The number of hydrogen-bond donors (Lipinski definition) is 2. The highest BCUT2D eigenvalue weighted by molar-refractivity contribution is 5.89. The lowest BCUT2D eigenvalue weighted by Gasteiger charge is -2.17. The minimum absolute atomic E-state index is 0.210. The molecule has 0 unspecified atom stereocenters. The summed E-state index contributed by atoms with van der Waals surface area (Å²) in [5, 5.41) is 18.2. The number of rotatable bonds is 4. The fourth-order valence-corrected chi connectivity index (χ4v) is 2.57. The molecule has 2 rings (SSSR count). The number of carboxylic acid groups (broad SMARTS) is 2. The number of aromatic carboxylic acids is 2. The van der Waals surface area contributed by atoms with Gasteiger partial charge in [-0.15, -0.1) is 0 Å². The van der Waals surface area contributed by atoms with Gasteiger partial charge in [0, 0.05) is 0 Å². The highest BCUT2D eigenvalue weighted by Gasteiger charge is 2.15. The lowest BCUT2D eigenvalue weighted by atomic mass is 10.0. The van der Waals surface area contributed by atoms with E-state index in [1.165, 1.54) is 0 Å². The van der Waals surface area contributed by atoms with Gasteiger partial charge in [0.05, 0.1) is 11.1 Å². The van der Waals surface area contributed by atoms with Crippen LogP contribution in [0.3, 0.4) is 0 Å². The fraction of sp³-hybridized carbons (Fsp3) is 0.222. The van der Waals surface area contributed by atoms with Crippen molar-refractivity contribution in [2.45, 2.75) is 27.7 Å². The van der Waals surface area contributed by atoms with Gasteiger partial charge in [-0.1, -0.05) is 0 Å². The zero-order valence-electron chi connectivity index (χ0n) is 13.4. The van der Waals surface area contributed by atoms with Crippen molar-refractivity contribution < 1.29 is 24.5 Å². The van der Waals surface area contributed by atoms with Crippen molar-refractivity contribution in [1.82, 2.24) is 0 Å². The molecular weight excluding hydrogens is 296 g/mol. The van der Waals surface area contributed by atoms with Crippen LogP contribution in [0, 0.1) is 27.7 Å². The molecule has 0 saturated heterocycles. The summed E-state index contributed by atoms with van der Waals surface area (Å²) < 4.78 is 5.99. The Bertz CT molecular complexity index is 692. The van der Waals surface area contributed by atoms with E-state index in [-0.39, 0.29) is 11.1 Å². The summed E-state index contributed by atoms with van der Waals surface area (Å²) >= 11 is 0. The average molecular weight is 314 g/mol. The number of benzene rings is 2. The molecule has 2 aromatic carbocycles. The predicted octanol–water partition coefficient (Wildman–Crippen LogP) is 4.11. The summed E-state index contributed by atoms with van der Waals surface area (Å²) in [5.41, 5.74) is 3.27. The van der Waals surface area contributed by atoms with E-state index in [1.54, 1.807) is 52.0 Å². The molecule has 0 aliphatic rings. The minimum Gasteiger partial charge on any atom is -0.478 e. The molecule has 0 atom stereocenters. The van der Waals surface area contributed by atoms with Gasteiger partial charge in [-0.25, -0.2) is 9.59 Å². The van der Waals surface area contributed by atoms with Gasteiger partial charge in [0.15, 0.2) is 0 Å². The van der Waals surface area contributed by atoms with Crippen LogP contribution in [0.15, 0.2) is 24.3 Å². The molecule has 0 amide bonds. The first-order valence-electron chi connectivity index (χ1n) is 7.07. The van der Waals surface area contributed by atoms with Gasteiger partial charge in [0.1, 0.15) is 11.5 Å². The largest absolute Gasteiger partial charge is 0.478 e. The standard InChI is InChI=1S/C18H18O5/c1-9-5-13(17(19)20)6-10(2)15(9)23-16-11(3)7-14(18(21)22)8-12(16)4/h5-8H,1-4H3,(H,19,20)(H,21,22). The Morgan fingerprint density at radius 1 is 0.696 bits per heavy atom. The van der Waals surface area contributed by atoms with Crippen LogP contribution in [-0.4, -0.2) is 22.2 Å². The summed E-state index contributed by atoms with van der Waals surface area (Å²) in [6.07, 6.45) is 0. The molecule has 5 heteroatoms. The summed E-state index contributed by atoms with van der Waals surface area (Å²) in [6.45, 7) is 7.13. The summed E-state index contributed by atoms with van der Waals surface area (Å²) in [5.74, 6) is -0.796. The number of aryl methyl sites for hydroxylation is 4. The molecule has 0 radical (unpaired) electrons. The third-order valence-electron chi connectivity index (χ3n) is 3.62. The predicted molar refractivity (Wildman–Crippen MR) is 85.8 cm³/mol. The first-order chi connectivity index (χ1) is 10.7. The molecule has 2 N–H and O–H groups in total. The van der Waals surface area contributed by atoms with Crippen LogP contribution in [0.25, 0.3) is 0 Å². The molecular formula is C18H18O5. The maximum atomic E-state index is 11.1. The van der Waals surface area contributed by atoms with Gasteiger partial charge in [0.2, 0.25) is 0 Å². The van der Waals surface area contributed by atoms with E-state index >= 15 is 0 Å². The topological polar surface area (TPSA) is 83.8 Å². The highest BCUT2D eigenvalue weighted by Crippen LogP contribution is 2.34. The Labute approximate surface area is 134 Å². The van der Waals surface area contributed by atoms with Crippen LogP contribution in [-0.2, 0) is 0 Å². The SMILES string of the molecule is Cc1cc(C(=O)O)cc(C)c1Oc1c(C)cc(C(=O)O)cc1C. The van der Waals surface area contributed by atoms with E-state index in [0.29, 0.717) is 33.8 Å². The third-order valence-corrected chi connectivity index (χ3v) is 3.62. The van der Waals surface area contributed by atoms with E-state index in [1.807, 2.05) is 0 Å². The van der Waals surface area contributed by atoms with E-state index in [2.05, 4.69) is 0 Å². The summed E-state index contributed by atoms with van der Waals surface area (Å²) in [6, 6.07) is 6.23. The van der Waals surface area contributed by atoms with Gasteiger partial charge in [-0.05, 0) is 74.2 Å². The summed E-state index contributed by atoms with van der Waals surface area (Å²) in [4.78, 5) is 22.2. The van der Waals surface area contributed by atoms with E-state index in [0.717, 1.165) is 0 Å². The second kappa shape index (κ2) is 6.12. The molecule has 0 fully saturated rings. The first-order valence-corrected chi connectivity index (χ1v) is 7.07. The molecule has 5 nitrogen and oxygen atoms in total. The summed E-state index contributed by atoms with van der Waals surface area (Å²) in [7, 11) is 0. The fourth-order valence-electron chi connectivity index (χ4n) is 2.57. The maximum absolute atomic E-state index is 11.1. The number of carbonyl (C=O) groups is 2. The van der Waals surface area contributed by atoms with Crippen molar-refractivity contribution in [3.05, 3.63) is 57.6 Å². The Morgan fingerprint density at radius 3 is 1.17 bits per heavy atom. The monoisotopic (exact) mass is 314 g/mol.